The number of benzene rings is 1. The third-order valence-corrected chi connectivity index (χ3v) is 5.90. The Kier molecular flexibility index (Phi) is 8.15. The van der Waals surface area contributed by atoms with Crippen LogP contribution in [-0.4, -0.2) is 55.8 Å². The number of nitrogens with two attached hydrogens (primary N) is 1. The number of halogens is 1. The molecule has 0 saturated carbocycles. The minimum Gasteiger partial charge on any atom is -0.339 e. The molecule has 1 atom stereocenters. The topological polar surface area (TPSA) is 83.7 Å². The van der Waals surface area contributed by atoms with Crippen LogP contribution in [0.2, 0.25) is 0 Å². The summed E-state index contributed by atoms with van der Waals surface area (Å²) in [6, 6.07) is 8.66. The molecule has 1 aliphatic heterocycles. The Morgan fingerprint density at radius 3 is 2.29 bits per heavy atom. The highest BCUT2D eigenvalue weighted by Gasteiger charge is 2.30. The van der Waals surface area contributed by atoms with Crippen molar-refractivity contribution in [2.75, 3.05) is 26.2 Å². The number of piperazine rings is 1. The molecular formula is C16H26ClN3O3S. The fourth-order valence-corrected chi connectivity index (χ4v) is 4.25. The van der Waals surface area contributed by atoms with Gasteiger partial charge in [0.05, 0.1) is 11.8 Å². The molecule has 24 heavy (non-hydrogen) atoms. The van der Waals surface area contributed by atoms with Gasteiger partial charge in [0, 0.05) is 26.2 Å². The SMILES string of the molecule is CCCC(N)C(=O)N1CCN(S(=O)(=O)Cc2ccccc2)CC1.Cl. The predicted octanol–water partition coefficient (Wildman–Crippen LogP) is 1.21. The van der Waals surface area contributed by atoms with Crippen LogP contribution in [0.5, 0.6) is 0 Å². The summed E-state index contributed by atoms with van der Waals surface area (Å²) >= 11 is 0. The van der Waals surface area contributed by atoms with Gasteiger partial charge in [0.1, 0.15) is 0 Å². The van der Waals surface area contributed by atoms with Crippen molar-refractivity contribution in [2.45, 2.75) is 31.6 Å². The van der Waals surface area contributed by atoms with E-state index in [9.17, 15) is 13.2 Å². The van der Waals surface area contributed by atoms with Gasteiger partial charge in [-0.15, -0.1) is 12.4 Å². The van der Waals surface area contributed by atoms with Crippen molar-refractivity contribution in [3.63, 3.8) is 0 Å². The van der Waals surface area contributed by atoms with Crippen molar-refractivity contribution in [3.05, 3.63) is 35.9 Å². The van der Waals surface area contributed by atoms with Gasteiger partial charge in [-0.25, -0.2) is 8.42 Å². The molecule has 136 valence electrons. The zero-order chi connectivity index (χ0) is 16.9. The highest BCUT2D eigenvalue weighted by Crippen LogP contribution is 2.14. The standard InChI is InChI=1S/C16H25N3O3S.ClH/c1-2-6-15(17)16(20)18-9-11-19(12-10-18)23(21,22)13-14-7-4-3-5-8-14;/h3-5,7-8,15H,2,6,9-13,17H2,1H3;1H. The van der Waals surface area contributed by atoms with Gasteiger partial charge < -0.3 is 10.6 Å². The maximum atomic E-state index is 12.5. The van der Waals surface area contributed by atoms with Gasteiger partial charge in [0.2, 0.25) is 15.9 Å². The molecule has 1 amide bonds. The minimum atomic E-state index is -3.35. The molecule has 1 aromatic rings. The fraction of sp³-hybridized carbons (Fsp3) is 0.562. The highest BCUT2D eigenvalue weighted by molar-refractivity contribution is 7.88. The van der Waals surface area contributed by atoms with E-state index < -0.39 is 16.1 Å². The van der Waals surface area contributed by atoms with E-state index in [1.807, 2.05) is 25.1 Å². The van der Waals surface area contributed by atoms with Gasteiger partial charge in [-0.1, -0.05) is 43.7 Å². The summed E-state index contributed by atoms with van der Waals surface area (Å²) in [6.07, 6.45) is 1.52. The molecule has 6 nitrogen and oxygen atoms in total. The monoisotopic (exact) mass is 375 g/mol. The molecular weight excluding hydrogens is 350 g/mol. The molecule has 1 aliphatic rings. The fourth-order valence-electron chi connectivity index (χ4n) is 2.73. The minimum absolute atomic E-state index is 0. The molecule has 0 bridgehead atoms. The Labute approximate surface area is 150 Å². The predicted molar refractivity (Wildman–Crippen MR) is 97.4 cm³/mol. The number of hydrogen-bond acceptors (Lipinski definition) is 4. The Bertz CT molecular complexity index is 617. The van der Waals surface area contributed by atoms with Crippen molar-refractivity contribution < 1.29 is 13.2 Å². The third-order valence-electron chi connectivity index (χ3n) is 4.05. The average Bonchev–Trinajstić information content (AvgIpc) is 2.55. The first-order valence-corrected chi connectivity index (χ1v) is 9.61. The number of carbonyl (C=O) groups is 1. The molecule has 1 aromatic carbocycles. The lowest BCUT2D eigenvalue weighted by atomic mass is 10.1. The highest BCUT2D eigenvalue weighted by atomic mass is 35.5. The van der Waals surface area contributed by atoms with Gasteiger partial charge in [-0.05, 0) is 12.0 Å². The summed E-state index contributed by atoms with van der Waals surface area (Å²) in [7, 11) is -3.35. The second kappa shape index (κ2) is 9.36. The third kappa shape index (κ3) is 5.44. The molecule has 1 saturated heterocycles. The van der Waals surface area contributed by atoms with Crippen molar-refractivity contribution in [1.29, 1.82) is 0 Å². The van der Waals surface area contributed by atoms with E-state index in [0.717, 1.165) is 12.0 Å². The Morgan fingerprint density at radius 2 is 1.75 bits per heavy atom. The van der Waals surface area contributed by atoms with Crippen LogP contribution in [0.3, 0.4) is 0 Å². The summed E-state index contributed by atoms with van der Waals surface area (Å²) in [5, 5.41) is 0. The summed E-state index contributed by atoms with van der Waals surface area (Å²) in [5.41, 5.74) is 6.63. The van der Waals surface area contributed by atoms with Gasteiger partial charge in [-0.2, -0.15) is 4.31 Å². The van der Waals surface area contributed by atoms with Crippen molar-refractivity contribution >= 4 is 28.3 Å². The maximum Gasteiger partial charge on any atom is 0.239 e. The summed E-state index contributed by atoms with van der Waals surface area (Å²) in [4.78, 5) is 13.8. The van der Waals surface area contributed by atoms with E-state index in [0.29, 0.717) is 32.6 Å². The summed E-state index contributed by atoms with van der Waals surface area (Å²) in [5.74, 6) is -0.0797. The lowest BCUT2D eigenvalue weighted by Crippen LogP contribution is -2.54. The van der Waals surface area contributed by atoms with Crippen LogP contribution in [0, 0.1) is 0 Å². The zero-order valence-electron chi connectivity index (χ0n) is 13.9. The quantitative estimate of drug-likeness (QED) is 0.810. The van der Waals surface area contributed by atoms with E-state index in [4.69, 9.17) is 5.73 Å². The van der Waals surface area contributed by atoms with Crippen LogP contribution in [0.25, 0.3) is 0 Å². The molecule has 2 rings (SSSR count). The van der Waals surface area contributed by atoms with Gasteiger partial charge >= 0.3 is 0 Å². The van der Waals surface area contributed by atoms with Gasteiger partial charge in [0.25, 0.3) is 0 Å². The first-order chi connectivity index (χ1) is 10.9. The molecule has 2 N–H and O–H groups in total. The molecule has 0 spiro atoms. The largest absolute Gasteiger partial charge is 0.339 e. The zero-order valence-corrected chi connectivity index (χ0v) is 15.6. The van der Waals surface area contributed by atoms with E-state index in [1.54, 1.807) is 17.0 Å². The van der Waals surface area contributed by atoms with Crippen LogP contribution < -0.4 is 5.73 Å². The maximum absolute atomic E-state index is 12.5. The number of amides is 1. The van der Waals surface area contributed by atoms with E-state index in [-0.39, 0.29) is 24.1 Å². The lowest BCUT2D eigenvalue weighted by Gasteiger charge is -2.35. The Morgan fingerprint density at radius 1 is 1.17 bits per heavy atom. The Balaban J connectivity index is 0.00000288. The van der Waals surface area contributed by atoms with Gasteiger partial charge in [-0.3, -0.25) is 4.79 Å². The van der Waals surface area contributed by atoms with Crippen molar-refractivity contribution in [1.82, 2.24) is 9.21 Å². The van der Waals surface area contributed by atoms with Crippen LogP contribution in [0.4, 0.5) is 0 Å². The van der Waals surface area contributed by atoms with Crippen molar-refractivity contribution in [2.24, 2.45) is 5.73 Å². The first kappa shape index (κ1) is 20.9. The van der Waals surface area contributed by atoms with E-state index in [2.05, 4.69) is 0 Å². The molecule has 1 heterocycles. The van der Waals surface area contributed by atoms with Gasteiger partial charge in [0.15, 0.2) is 0 Å². The normalized spacial score (nSPS) is 17.2. The van der Waals surface area contributed by atoms with Crippen LogP contribution in [0.1, 0.15) is 25.3 Å². The number of carbonyl (C=O) groups excluding carboxylic acids is 1. The molecule has 0 radical (unpaired) electrons. The second-order valence-electron chi connectivity index (χ2n) is 5.86. The lowest BCUT2D eigenvalue weighted by molar-refractivity contribution is -0.133. The number of sulfonamides is 1. The average molecular weight is 376 g/mol. The number of hydrogen-bond donors (Lipinski definition) is 1. The van der Waals surface area contributed by atoms with Crippen LogP contribution in [-0.2, 0) is 20.6 Å². The molecule has 8 heteroatoms. The molecule has 1 fully saturated rings. The summed E-state index contributed by atoms with van der Waals surface area (Å²) < 4.78 is 26.4. The van der Waals surface area contributed by atoms with Crippen molar-refractivity contribution in [3.8, 4) is 0 Å². The van der Waals surface area contributed by atoms with E-state index in [1.165, 1.54) is 4.31 Å². The molecule has 0 aromatic heterocycles. The number of nitrogens with zero attached hydrogens (tertiary/aromatic N) is 2. The van der Waals surface area contributed by atoms with E-state index >= 15 is 0 Å². The number of rotatable bonds is 6. The molecule has 0 aliphatic carbocycles. The summed E-state index contributed by atoms with van der Waals surface area (Å²) in [6.45, 7) is 3.47. The Hall–Kier alpha value is -1.15. The smallest absolute Gasteiger partial charge is 0.239 e. The van der Waals surface area contributed by atoms with Crippen LogP contribution in [0.15, 0.2) is 30.3 Å². The molecule has 1 unspecified atom stereocenters. The second-order valence-corrected chi connectivity index (χ2v) is 7.83. The van der Waals surface area contributed by atoms with Crippen LogP contribution >= 0.6 is 12.4 Å². The first-order valence-electron chi connectivity index (χ1n) is 8.00.